The lowest BCUT2D eigenvalue weighted by molar-refractivity contribution is -0.138. The van der Waals surface area contributed by atoms with Gasteiger partial charge in [0.25, 0.3) is 5.91 Å². The Morgan fingerprint density at radius 1 is 1.25 bits per heavy atom. The van der Waals surface area contributed by atoms with E-state index in [0.717, 1.165) is 6.07 Å². The second-order valence-electron chi connectivity index (χ2n) is 6.38. The normalized spacial score (nSPS) is 14.7. The van der Waals surface area contributed by atoms with Crippen LogP contribution in [0.1, 0.15) is 46.7 Å². The number of aryl methyl sites for hydroxylation is 2. The first-order valence-electron chi connectivity index (χ1n) is 7.68. The van der Waals surface area contributed by atoms with Crippen LogP contribution in [-0.2, 0) is 12.7 Å². The lowest BCUT2D eigenvalue weighted by Crippen LogP contribution is -2.30. The van der Waals surface area contributed by atoms with Crippen LogP contribution < -0.4 is 0 Å². The monoisotopic (exact) mass is 337 g/mol. The molecular formula is C17H18F3N3O. The van der Waals surface area contributed by atoms with Crippen LogP contribution in [0.3, 0.4) is 0 Å². The summed E-state index contributed by atoms with van der Waals surface area (Å²) in [6.45, 7) is 7.05. The number of carbonyl (C=O) groups is 1. The van der Waals surface area contributed by atoms with Crippen LogP contribution in [0.25, 0.3) is 11.1 Å². The van der Waals surface area contributed by atoms with E-state index < -0.39 is 11.7 Å². The summed E-state index contributed by atoms with van der Waals surface area (Å²) in [7, 11) is 0. The van der Waals surface area contributed by atoms with E-state index in [-0.39, 0.29) is 29.6 Å². The molecular weight excluding hydrogens is 319 g/mol. The fourth-order valence-corrected chi connectivity index (χ4v) is 3.22. The summed E-state index contributed by atoms with van der Waals surface area (Å²) >= 11 is 0. The standard InChI is InChI=1S/C17H18F3N3O/c1-8(2)23-7-13-12(16(23)24)5-11(6-14(13)17(18,19)20)15-9(3)21-22-10(15)4/h5-6,8H,7H2,1-4H3,(H,21,22). The van der Waals surface area contributed by atoms with Gasteiger partial charge in [-0.05, 0) is 51.0 Å². The van der Waals surface area contributed by atoms with Gasteiger partial charge in [-0.25, -0.2) is 0 Å². The highest BCUT2D eigenvalue weighted by Gasteiger charge is 2.40. The third-order valence-corrected chi connectivity index (χ3v) is 4.42. The molecule has 128 valence electrons. The number of halogens is 3. The highest BCUT2D eigenvalue weighted by atomic mass is 19.4. The zero-order chi connectivity index (χ0) is 17.8. The largest absolute Gasteiger partial charge is 0.416 e. The fraction of sp³-hybridized carbons (Fsp3) is 0.412. The molecule has 0 atom stereocenters. The van der Waals surface area contributed by atoms with E-state index in [0.29, 0.717) is 22.5 Å². The smallest absolute Gasteiger partial charge is 0.332 e. The van der Waals surface area contributed by atoms with Gasteiger partial charge in [-0.1, -0.05) is 0 Å². The Morgan fingerprint density at radius 3 is 2.42 bits per heavy atom. The number of fused-ring (bicyclic) bond motifs is 1. The topological polar surface area (TPSA) is 49.0 Å². The number of nitrogens with zero attached hydrogens (tertiary/aromatic N) is 2. The molecule has 2 heterocycles. The van der Waals surface area contributed by atoms with Crippen LogP contribution in [0.2, 0.25) is 0 Å². The van der Waals surface area contributed by atoms with Gasteiger partial charge in [0.15, 0.2) is 0 Å². The van der Waals surface area contributed by atoms with Crippen molar-refractivity contribution in [2.24, 2.45) is 0 Å². The highest BCUT2D eigenvalue weighted by Crippen LogP contribution is 2.41. The van der Waals surface area contributed by atoms with Crippen LogP contribution in [0.15, 0.2) is 12.1 Å². The van der Waals surface area contributed by atoms with Crippen LogP contribution in [0.4, 0.5) is 13.2 Å². The molecule has 4 nitrogen and oxygen atoms in total. The van der Waals surface area contributed by atoms with Crippen molar-refractivity contribution in [2.45, 2.75) is 46.5 Å². The second-order valence-corrected chi connectivity index (χ2v) is 6.38. The van der Waals surface area contributed by atoms with E-state index in [4.69, 9.17) is 0 Å². The lowest BCUT2D eigenvalue weighted by atomic mass is 9.94. The van der Waals surface area contributed by atoms with Crippen LogP contribution in [-0.4, -0.2) is 27.0 Å². The first-order chi connectivity index (χ1) is 11.1. The molecule has 1 N–H and O–H groups in total. The van der Waals surface area contributed by atoms with Gasteiger partial charge in [0, 0.05) is 29.4 Å². The van der Waals surface area contributed by atoms with Gasteiger partial charge < -0.3 is 4.90 Å². The second kappa shape index (κ2) is 5.36. The number of hydrogen-bond donors (Lipinski definition) is 1. The molecule has 1 aliphatic rings. The summed E-state index contributed by atoms with van der Waals surface area (Å²) in [5, 5.41) is 6.81. The Balaban J connectivity index is 2.26. The minimum atomic E-state index is -4.51. The summed E-state index contributed by atoms with van der Waals surface area (Å²) in [5.41, 5.74) is 1.70. The van der Waals surface area contributed by atoms with Crippen molar-refractivity contribution in [2.75, 3.05) is 0 Å². The Kier molecular flexibility index (Phi) is 3.69. The molecule has 3 rings (SSSR count). The Morgan fingerprint density at radius 2 is 1.92 bits per heavy atom. The number of H-pyrrole nitrogens is 1. The summed E-state index contributed by atoms with van der Waals surface area (Å²) in [6, 6.07) is 2.52. The number of aromatic nitrogens is 2. The molecule has 0 aliphatic carbocycles. The summed E-state index contributed by atoms with van der Waals surface area (Å²) in [4.78, 5) is 14.0. The van der Waals surface area contributed by atoms with E-state index in [9.17, 15) is 18.0 Å². The number of benzene rings is 1. The number of hydrogen-bond acceptors (Lipinski definition) is 2. The first-order valence-corrected chi connectivity index (χ1v) is 7.68. The predicted molar refractivity (Wildman–Crippen MR) is 83.5 cm³/mol. The molecule has 0 fully saturated rings. The minimum absolute atomic E-state index is 0.00962. The van der Waals surface area contributed by atoms with Gasteiger partial charge in [0.1, 0.15) is 0 Å². The quantitative estimate of drug-likeness (QED) is 0.898. The van der Waals surface area contributed by atoms with Crippen LogP contribution in [0, 0.1) is 13.8 Å². The summed E-state index contributed by atoms with van der Waals surface area (Å²) < 4.78 is 40.7. The van der Waals surface area contributed by atoms with Crippen molar-refractivity contribution in [3.8, 4) is 11.1 Å². The molecule has 0 radical (unpaired) electrons. The lowest BCUT2D eigenvalue weighted by Gasteiger charge is -2.20. The number of rotatable bonds is 2. The molecule has 0 saturated heterocycles. The van der Waals surface area contributed by atoms with Gasteiger partial charge >= 0.3 is 6.18 Å². The molecule has 0 saturated carbocycles. The van der Waals surface area contributed by atoms with Gasteiger partial charge in [-0.15, -0.1) is 0 Å². The fourth-order valence-electron chi connectivity index (χ4n) is 3.22. The molecule has 0 spiro atoms. The van der Waals surface area contributed by atoms with Crippen molar-refractivity contribution >= 4 is 5.91 Å². The Labute approximate surface area is 137 Å². The van der Waals surface area contributed by atoms with Crippen LogP contribution in [0.5, 0.6) is 0 Å². The van der Waals surface area contributed by atoms with Crippen molar-refractivity contribution in [3.63, 3.8) is 0 Å². The third kappa shape index (κ3) is 2.48. The number of carbonyl (C=O) groups excluding carboxylic acids is 1. The molecule has 2 aromatic rings. The molecule has 24 heavy (non-hydrogen) atoms. The first kappa shape index (κ1) is 16.5. The number of amides is 1. The summed E-state index contributed by atoms with van der Waals surface area (Å²) in [5.74, 6) is -0.355. The van der Waals surface area contributed by atoms with Gasteiger partial charge in [0.2, 0.25) is 0 Å². The SMILES string of the molecule is Cc1n[nH]c(C)c1-c1cc2c(c(C(F)(F)F)c1)CN(C(C)C)C2=O. The van der Waals surface area contributed by atoms with Crippen molar-refractivity contribution in [1.29, 1.82) is 0 Å². The Hall–Kier alpha value is -2.31. The van der Waals surface area contributed by atoms with E-state index in [2.05, 4.69) is 10.2 Å². The molecule has 1 aliphatic heterocycles. The molecule has 1 aromatic carbocycles. The zero-order valence-corrected chi connectivity index (χ0v) is 13.9. The molecule has 7 heteroatoms. The number of nitrogens with one attached hydrogen (secondary N) is 1. The maximum atomic E-state index is 13.6. The maximum Gasteiger partial charge on any atom is 0.416 e. The number of alkyl halides is 3. The van der Waals surface area contributed by atoms with E-state index in [1.165, 1.54) is 4.90 Å². The maximum absolute atomic E-state index is 13.6. The van der Waals surface area contributed by atoms with Crippen molar-refractivity contribution < 1.29 is 18.0 Å². The molecule has 1 aromatic heterocycles. The Bertz CT molecular complexity index is 802. The zero-order valence-electron chi connectivity index (χ0n) is 13.9. The van der Waals surface area contributed by atoms with Gasteiger partial charge in [0.05, 0.1) is 11.3 Å². The predicted octanol–water partition coefficient (Wildman–Crippen LogP) is 4.08. The van der Waals surface area contributed by atoms with Crippen LogP contribution >= 0.6 is 0 Å². The minimum Gasteiger partial charge on any atom is -0.332 e. The average molecular weight is 337 g/mol. The summed E-state index contributed by atoms with van der Waals surface area (Å²) in [6.07, 6.45) is -4.51. The molecule has 0 bridgehead atoms. The van der Waals surface area contributed by atoms with E-state index in [1.54, 1.807) is 33.8 Å². The molecule has 0 unspecified atom stereocenters. The third-order valence-electron chi connectivity index (χ3n) is 4.42. The van der Waals surface area contributed by atoms with Crippen molar-refractivity contribution in [1.82, 2.24) is 15.1 Å². The van der Waals surface area contributed by atoms with Crippen molar-refractivity contribution in [3.05, 3.63) is 40.2 Å². The van der Waals surface area contributed by atoms with E-state index >= 15 is 0 Å². The van der Waals surface area contributed by atoms with Gasteiger partial charge in [-0.3, -0.25) is 9.89 Å². The number of aromatic amines is 1. The van der Waals surface area contributed by atoms with Gasteiger partial charge in [-0.2, -0.15) is 18.3 Å². The van der Waals surface area contributed by atoms with E-state index in [1.807, 2.05) is 0 Å². The molecule has 1 amide bonds. The highest BCUT2D eigenvalue weighted by molar-refractivity contribution is 6.00. The average Bonchev–Trinajstić information content (AvgIpc) is 2.98.